The van der Waals surface area contributed by atoms with Crippen LogP contribution in [0.5, 0.6) is 11.5 Å². The van der Waals surface area contributed by atoms with Gasteiger partial charge in [0.2, 0.25) is 0 Å². The Kier molecular flexibility index (Phi) is 4.44. The largest absolute Gasteiger partial charge is 0.497 e. The molecule has 0 spiro atoms. The fraction of sp³-hybridized carbons (Fsp3) is 0.154. The molecule has 0 aliphatic heterocycles. The SMILES string of the molecule is COc1ccc(Br)c(COc2cncc(Cl)c2)c1. The number of aromatic nitrogens is 1. The van der Waals surface area contributed by atoms with E-state index in [1.54, 1.807) is 25.6 Å². The van der Waals surface area contributed by atoms with Crippen molar-refractivity contribution in [3.05, 3.63) is 51.7 Å². The molecule has 0 radical (unpaired) electrons. The molecule has 5 heteroatoms. The van der Waals surface area contributed by atoms with Gasteiger partial charge in [-0.3, -0.25) is 4.98 Å². The van der Waals surface area contributed by atoms with Crippen LogP contribution in [0.4, 0.5) is 0 Å². The minimum Gasteiger partial charge on any atom is -0.497 e. The lowest BCUT2D eigenvalue weighted by atomic mass is 10.2. The maximum Gasteiger partial charge on any atom is 0.139 e. The molecule has 1 aromatic heterocycles. The molecular formula is C13H11BrClNO2. The van der Waals surface area contributed by atoms with Gasteiger partial charge in [0.1, 0.15) is 18.1 Å². The van der Waals surface area contributed by atoms with Gasteiger partial charge in [-0.15, -0.1) is 0 Å². The van der Waals surface area contributed by atoms with Crippen LogP contribution in [-0.4, -0.2) is 12.1 Å². The monoisotopic (exact) mass is 327 g/mol. The molecule has 0 N–H and O–H groups in total. The quantitative estimate of drug-likeness (QED) is 0.847. The summed E-state index contributed by atoms with van der Waals surface area (Å²) in [6.07, 6.45) is 3.19. The van der Waals surface area contributed by atoms with Gasteiger partial charge < -0.3 is 9.47 Å². The molecule has 0 fully saturated rings. The van der Waals surface area contributed by atoms with E-state index in [1.807, 2.05) is 18.2 Å². The number of pyridine rings is 1. The third-order valence-electron chi connectivity index (χ3n) is 2.33. The van der Waals surface area contributed by atoms with Crippen LogP contribution in [0.25, 0.3) is 0 Å². The third-order valence-corrected chi connectivity index (χ3v) is 3.31. The van der Waals surface area contributed by atoms with Gasteiger partial charge in [-0.25, -0.2) is 0 Å². The lowest BCUT2D eigenvalue weighted by Gasteiger charge is -2.09. The Bertz CT molecular complexity index is 548. The van der Waals surface area contributed by atoms with Gasteiger partial charge in [-0.05, 0) is 18.2 Å². The summed E-state index contributed by atoms with van der Waals surface area (Å²) in [6, 6.07) is 7.45. The second-order valence-electron chi connectivity index (χ2n) is 3.58. The number of methoxy groups -OCH3 is 1. The van der Waals surface area contributed by atoms with Crippen LogP contribution in [-0.2, 0) is 6.61 Å². The van der Waals surface area contributed by atoms with E-state index in [-0.39, 0.29) is 0 Å². The van der Waals surface area contributed by atoms with Gasteiger partial charge in [0, 0.05) is 22.3 Å². The molecule has 0 amide bonds. The number of hydrogen-bond acceptors (Lipinski definition) is 3. The number of hydrogen-bond donors (Lipinski definition) is 0. The van der Waals surface area contributed by atoms with E-state index in [1.165, 1.54) is 0 Å². The molecule has 3 nitrogen and oxygen atoms in total. The van der Waals surface area contributed by atoms with Crippen molar-refractivity contribution in [1.82, 2.24) is 4.98 Å². The summed E-state index contributed by atoms with van der Waals surface area (Å²) in [7, 11) is 1.63. The van der Waals surface area contributed by atoms with Crippen LogP contribution >= 0.6 is 27.5 Å². The maximum absolute atomic E-state index is 5.83. The molecule has 0 saturated heterocycles. The third kappa shape index (κ3) is 3.37. The van der Waals surface area contributed by atoms with Crippen molar-refractivity contribution in [3.63, 3.8) is 0 Å². The van der Waals surface area contributed by atoms with Crippen molar-refractivity contribution >= 4 is 27.5 Å². The first-order chi connectivity index (χ1) is 8.69. The maximum atomic E-state index is 5.83. The van der Waals surface area contributed by atoms with E-state index < -0.39 is 0 Å². The zero-order valence-corrected chi connectivity index (χ0v) is 12.0. The van der Waals surface area contributed by atoms with Gasteiger partial charge >= 0.3 is 0 Å². The first-order valence-corrected chi connectivity index (χ1v) is 6.42. The molecule has 1 heterocycles. The van der Waals surface area contributed by atoms with Gasteiger partial charge in [0.25, 0.3) is 0 Å². The zero-order chi connectivity index (χ0) is 13.0. The Morgan fingerprint density at radius 2 is 2.06 bits per heavy atom. The molecular weight excluding hydrogens is 318 g/mol. The second kappa shape index (κ2) is 6.07. The highest BCUT2D eigenvalue weighted by atomic mass is 79.9. The minimum absolute atomic E-state index is 0.416. The first kappa shape index (κ1) is 13.2. The number of benzene rings is 1. The normalized spacial score (nSPS) is 10.2. The predicted molar refractivity (Wildman–Crippen MR) is 74.3 cm³/mol. The van der Waals surface area contributed by atoms with Gasteiger partial charge in [-0.1, -0.05) is 27.5 Å². The van der Waals surface area contributed by atoms with Crippen LogP contribution < -0.4 is 9.47 Å². The van der Waals surface area contributed by atoms with E-state index >= 15 is 0 Å². The zero-order valence-electron chi connectivity index (χ0n) is 9.69. The van der Waals surface area contributed by atoms with Crippen molar-refractivity contribution in [2.24, 2.45) is 0 Å². The molecule has 1 aromatic carbocycles. The molecule has 0 aliphatic rings. The summed E-state index contributed by atoms with van der Waals surface area (Å²) in [5.74, 6) is 1.43. The summed E-state index contributed by atoms with van der Waals surface area (Å²) < 4.78 is 11.8. The average Bonchev–Trinajstić information content (AvgIpc) is 2.38. The number of rotatable bonds is 4. The Morgan fingerprint density at radius 3 is 2.78 bits per heavy atom. The van der Waals surface area contributed by atoms with Crippen molar-refractivity contribution < 1.29 is 9.47 Å². The molecule has 0 saturated carbocycles. The van der Waals surface area contributed by atoms with Crippen LogP contribution in [0.1, 0.15) is 5.56 Å². The highest BCUT2D eigenvalue weighted by Gasteiger charge is 2.04. The number of ether oxygens (including phenoxy) is 2. The van der Waals surface area contributed by atoms with E-state index in [0.717, 1.165) is 15.8 Å². The lowest BCUT2D eigenvalue weighted by Crippen LogP contribution is -1.97. The summed E-state index contributed by atoms with van der Waals surface area (Å²) in [5, 5.41) is 0.553. The molecule has 2 aromatic rings. The topological polar surface area (TPSA) is 31.4 Å². The fourth-order valence-corrected chi connectivity index (χ4v) is 1.95. The number of nitrogens with zero attached hydrogens (tertiary/aromatic N) is 1. The molecule has 0 bridgehead atoms. The fourth-order valence-electron chi connectivity index (χ4n) is 1.42. The van der Waals surface area contributed by atoms with E-state index in [2.05, 4.69) is 20.9 Å². The lowest BCUT2D eigenvalue weighted by molar-refractivity contribution is 0.303. The Balaban J connectivity index is 2.10. The van der Waals surface area contributed by atoms with E-state index in [9.17, 15) is 0 Å². The summed E-state index contributed by atoms with van der Waals surface area (Å²) >= 11 is 9.30. The molecule has 0 aliphatic carbocycles. The van der Waals surface area contributed by atoms with Crippen molar-refractivity contribution in [3.8, 4) is 11.5 Å². The minimum atomic E-state index is 0.416. The van der Waals surface area contributed by atoms with E-state index in [0.29, 0.717) is 17.4 Å². The summed E-state index contributed by atoms with van der Waals surface area (Å²) in [6.45, 7) is 0.416. The highest BCUT2D eigenvalue weighted by Crippen LogP contribution is 2.24. The van der Waals surface area contributed by atoms with Gasteiger partial charge in [0.15, 0.2) is 0 Å². The Labute approximate surface area is 119 Å². The second-order valence-corrected chi connectivity index (χ2v) is 4.88. The highest BCUT2D eigenvalue weighted by molar-refractivity contribution is 9.10. The number of halogens is 2. The van der Waals surface area contributed by atoms with Crippen LogP contribution in [0, 0.1) is 0 Å². The molecule has 18 heavy (non-hydrogen) atoms. The standard InChI is InChI=1S/C13H11BrClNO2/c1-17-11-2-3-13(14)9(4-11)8-18-12-5-10(15)6-16-7-12/h2-7H,8H2,1H3. The van der Waals surface area contributed by atoms with E-state index in [4.69, 9.17) is 21.1 Å². The van der Waals surface area contributed by atoms with Crippen LogP contribution in [0.15, 0.2) is 41.1 Å². The molecule has 0 atom stereocenters. The molecule has 0 unspecified atom stereocenters. The van der Waals surface area contributed by atoms with Crippen LogP contribution in [0.3, 0.4) is 0 Å². The summed E-state index contributed by atoms with van der Waals surface area (Å²) in [4.78, 5) is 3.96. The molecule has 2 rings (SSSR count). The van der Waals surface area contributed by atoms with Gasteiger partial charge in [0.05, 0.1) is 18.3 Å². The Morgan fingerprint density at radius 1 is 1.22 bits per heavy atom. The van der Waals surface area contributed by atoms with Crippen LogP contribution in [0.2, 0.25) is 5.02 Å². The van der Waals surface area contributed by atoms with Gasteiger partial charge in [-0.2, -0.15) is 0 Å². The van der Waals surface area contributed by atoms with Crippen molar-refractivity contribution in [2.45, 2.75) is 6.61 Å². The summed E-state index contributed by atoms with van der Waals surface area (Å²) in [5.41, 5.74) is 0.995. The smallest absolute Gasteiger partial charge is 0.139 e. The average molecular weight is 329 g/mol. The first-order valence-electron chi connectivity index (χ1n) is 5.25. The Hall–Kier alpha value is -1.26. The van der Waals surface area contributed by atoms with Crippen molar-refractivity contribution in [1.29, 1.82) is 0 Å². The molecule has 94 valence electrons. The van der Waals surface area contributed by atoms with Crippen molar-refractivity contribution in [2.75, 3.05) is 7.11 Å². The predicted octanol–water partition coefficient (Wildman–Crippen LogP) is 4.09.